The van der Waals surface area contributed by atoms with E-state index < -0.39 is 24.6 Å². The van der Waals surface area contributed by atoms with E-state index >= 15 is 0 Å². The second-order valence-electron chi connectivity index (χ2n) is 8.73. The van der Waals surface area contributed by atoms with Gasteiger partial charge in [0.25, 0.3) is 5.69 Å². The molecule has 0 amide bonds. The van der Waals surface area contributed by atoms with Gasteiger partial charge in [0.05, 0.1) is 30.0 Å². The average Bonchev–Trinajstić information content (AvgIpc) is 3.59. The van der Waals surface area contributed by atoms with Crippen molar-refractivity contribution < 1.29 is 21.8 Å². The lowest BCUT2D eigenvalue weighted by atomic mass is 10.2. The molecular weight excluding hydrogens is 552 g/mol. The van der Waals surface area contributed by atoms with Crippen molar-refractivity contribution in [3.8, 4) is 0 Å². The third-order valence-electron chi connectivity index (χ3n) is 6.19. The van der Waals surface area contributed by atoms with Gasteiger partial charge in [-0.25, -0.2) is 16.8 Å². The molecule has 12 heteroatoms. The maximum absolute atomic E-state index is 12.6. The molecule has 0 aliphatic carbocycles. The van der Waals surface area contributed by atoms with Gasteiger partial charge in [-0.2, -0.15) is 0 Å². The predicted octanol–water partition coefficient (Wildman–Crippen LogP) is 5.49. The Kier molecular flexibility index (Phi) is 6.88. The summed E-state index contributed by atoms with van der Waals surface area (Å²) >= 11 is 0. The Morgan fingerprint density at radius 2 is 1.07 bits per heavy atom. The van der Waals surface area contributed by atoms with Crippen molar-refractivity contribution in [1.82, 2.24) is 9.97 Å². The van der Waals surface area contributed by atoms with Crippen molar-refractivity contribution in [2.24, 2.45) is 0 Å². The van der Waals surface area contributed by atoms with E-state index in [4.69, 9.17) is 5.73 Å². The van der Waals surface area contributed by atoms with Crippen LogP contribution in [-0.2, 0) is 19.7 Å². The summed E-state index contributed by atoms with van der Waals surface area (Å²) in [5, 5.41) is 11.8. The summed E-state index contributed by atoms with van der Waals surface area (Å²) in [6, 6.07) is 25.6. The third-order valence-corrected chi connectivity index (χ3v) is 9.81. The number of nitrogen functional groups attached to an aromatic ring is 1. The van der Waals surface area contributed by atoms with Gasteiger partial charge in [-0.1, -0.05) is 36.4 Å². The fourth-order valence-corrected chi connectivity index (χ4v) is 7.12. The van der Waals surface area contributed by atoms with Crippen LogP contribution in [0, 0.1) is 10.1 Å². The predicted molar refractivity (Wildman–Crippen MR) is 151 cm³/mol. The summed E-state index contributed by atoms with van der Waals surface area (Å²) in [6.45, 7) is 0. The number of nitrogens with one attached hydrogen (secondary N) is 2. The highest BCUT2D eigenvalue weighted by atomic mass is 32.2. The Bertz CT molecular complexity index is 2070. The Hall–Kier alpha value is -4.94. The van der Waals surface area contributed by atoms with Gasteiger partial charge in [0, 0.05) is 46.5 Å². The lowest BCUT2D eigenvalue weighted by Crippen LogP contribution is -2.00. The van der Waals surface area contributed by atoms with E-state index in [1.54, 1.807) is 66.7 Å². The number of H-pyrrole nitrogens is 2. The van der Waals surface area contributed by atoms with Crippen LogP contribution in [-0.4, -0.2) is 31.7 Å². The standard InChI is InChI=1S/C14H10N2O4S.C14H12N2O2S/c17-16(18)10-6-7-12-13(8-10)15-9-14(12)21(19,20)11-4-2-1-3-5-11;15-10-6-7-12-13(8-10)16-9-14(12)19(17,18)11-4-2-1-3-5-11/h1-9,15H;1-9,16H,15H2. The molecule has 0 bridgehead atoms. The van der Waals surface area contributed by atoms with Crippen molar-refractivity contribution in [2.75, 3.05) is 5.73 Å². The number of anilines is 1. The summed E-state index contributed by atoms with van der Waals surface area (Å²) in [6.07, 6.45) is 2.86. The van der Waals surface area contributed by atoms with Gasteiger partial charge in [-0.05, 0) is 48.5 Å². The van der Waals surface area contributed by atoms with Crippen molar-refractivity contribution in [3.05, 3.63) is 120 Å². The van der Waals surface area contributed by atoms with E-state index in [2.05, 4.69) is 9.97 Å². The fourth-order valence-electron chi connectivity index (χ4n) is 4.22. The van der Waals surface area contributed by atoms with E-state index in [-0.39, 0.29) is 25.3 Å². The van der Waals surface area contributed by atoms with Gasteiger partial charge in [-0.3, -0.25) is 10.1 Å². The summed E-state index contributed by atoms with van der Waals surface area (Å²) < 4.78 is 50.2. The maximum atomic E-state index is 12.6. The molecule has 2 aromatic heterocycles. The zero-order valence-corrected chi connectivity index (χ0v) is 22.3. The first kappa shape index (κ1) is 26.7. The number of non-ortho nitro benzene ring substituents is 1. The van der Waals surface area contributed by atoms with Crippen molar-refractivity contribution in [2.45, 2.75) is 19.6 Å². The highest BCUT2D eigenvalue weighted by molar-refractivity contribution is 7.92. The molecule has 0 spiro atoms. The van der Waals surface area contributed by atoms with Crippen LogP contribution < -0.4 is 5.73 Å². The van der Waals surface area contributed by atoms with Crippen molar-refractivity contribution >= 4 is 52.9 Å². The first-order valence-corrected chi connectivity index (χ1v) is 14.8. The minimum absolute atomic E-state index is 0.0898. The van der Waals surface area contributed by atoms with Crippen LogP contribution in [0.1, 0.15) is 0 Å². The number of nitro benzene ring substituents is 1. The molecule has 6 aromatic rings. The number of nitrogens with two attached hydrogens (primary N) is 1. The lowest BCUT2D eigenvalue weighted by Gasteiger charge is -2.03. The number of rotatable bonds is 5. The van der Waals surface area contributed by atoms with E-state index in [0.717, 1.165) is 5.52 Å². The first-order valence-electron chi connectivity index (χ1n) is 11.8. The molecule has 0 unspecified atom stereocenters. The van der Waals surface area contributed by atoms with Crippen LogP contribution in [0.2, 0.25) is 0 Å². The molecule has 2 heterocycles. The van der Waals surface area contributed by atoms with Crippen LogP contribution in [0.3, 0.4) is 0 Å². The molecule has 0 aliphatic rings. The normalized spacial score (nSPS) is 11.7. The molecule has 0 radical (unpaired) electrons. The maximum Gasteiger partial charge on any atom is 0.271 e. The Morgan fingerprint density at radius 1 is 0.625 bits per heavy atom. The number of aromatic nitrogens is 2. The van der Waals surface area contributed by atoms with E-state index in [1.165, 1.54) is 42.7 Å². The molecule has 0 aliphatic heterocycles. The number of aromatic amines is 2. The van der Waals surface area contributed by atoms with Crippen LogP contribution in [0.5, 0.6) is 0 Å². The Morgan fingerprint density at radius 3 is 1.55 bits per heavy atom. The molecule has 40 heavy (non-hydrogen) atoms. The van der Waals surface area contributed by atoms with Gasteiger partial charge < -0.3 is 15.7 Å². The Balaban J connectivity index is 0.000000162. The van der Waals surface area contributed by atoms with Gasteiger partial charge in [0.2, 0.25) is 19.7 Å². The lowest BCUT2D eigenvalue weighted by molar-refractivity contribution is -0.384. The topological polar surface area (TPSA) is 169 Å². The smallest absolute Gasteiger partial charge is 0.271 e. The fraction of sp³-hybridized carbons (Fsp3) is 0. The van der Waals surface area contributed by atoms with E-state index in [0.29, 0.717) is 22.0 Å². The summed E-state index contributed by atoms with van der Waals surface area (Å²) in [5.74, 6) is 0. The largest absolute Gasteiger partial charge is 0.399 e. The monoisotopic (exact) mass is 574 g/mol. The molecule has 0 fully saturated rings. The van der Waals surface area contributed by atoms with E-state index in [1.807, 2.05) is 0 Å². The van der Waals surface area contributed by atoms with Gasteiger partial charge in [0.1, 0.15) is 0 Å². The molecule has 10 nitrogen and oxygen atoms in total. The second kappa shape index (κ2) is 10.3. The molecule has 0 saturated heterocycles. The van der Waals surface area contributed by atoms with Crippen molar-refractivity contribution in [3.63, 3.8) is 0 Å². The third kappa shape index (κ3) is 4.93. The quantitative estimate of drug-likeness (QED) is 0.139. The highest BCUT2D eigenvalue weighted by Crippen LogP contribution is 2.31. The highest BCUT2D eigenvalue weighted by Gasteiger charge is 2.23. The number of fused-ring (bicyclic) bond motifs is 2. The Labute approximate surface area is 229 Å². The van der Waals surface area contributed by atoms with Crippen LogP contribution in [0.25, 0.3) is 21.8 Å². The summed E-state index contributed by atoms with van der Waals surface area (Å²) in [5.41, 5.74) is 7.32. The van der Waals surface area contributed by atoms with Crippen LogP contribution >= 0.6 is 0 Å². The van der Waals surface area contributed by atoms with Gasteiger partial charge >= 0.3 is 0 Å². The van der Waals surface area contributed by atoms with Gasteiger partial charge in [0.15, 0.2) is 0 Å². The number of sulfone groups is 2. The SMILES string of the molecule is Nc1ccc2c(S(=O)(=O)c3ccccc3)c[nH]c2c1.O=[N+]([O-])c1ccc2c(S(=O)(=O)c3ccccc3)c[nH]c2c1. The zero-order valence-electron chi connectivity index (χ0n) is 20.7. The van der Waals surface area contributed by atoms with Gasteiger partial charge in [-0.15, -0.1) is 0 Å². The van der Waals surface area contributed by atoms with Crippen LogP contribution in [0.15, 0.2) is 129 Å². The molecule has 4 aromatic carbocycles. The number of nitrogens with zero attached hydrogens (tertiary/aromatic N) is 1. The van der Waals surface area contributed by atoms with Crippen molar-refractivity contribution in [1.29, 1.82) is 0 Å². The molecule has 202 valence electrons. The number of hydrogen-bond acceptors (Lipinski definition) is 7. The molecule has 0 saturated carbocycles. The summed E-state index contributed by atoms with van der Waals surface area (Å²) in [7, 11) is -7.16. The molecule has 6 rings (SSSR count). The van der Waals surface area contributed by atoms with Crippen LogP contribution in [0.4, 0.5) is 11.4 Å². The van der Waals surface area contributed by atoms with E-state index in [9.17, 15) is 26.9 Å². The minimum Gasteiger partial charge on any atom is -0.399 e. The minimum atomic E-state index is -3.66. The number of nitro groups is 1. The molecule has 4 N–H and O–H groups in total. The molecular formula is C28H22N4O6S2. The number of hydrogen-bond donors (Lipinski definition) is 3. The first-order chi connectivity index (χ1) is 19.1. The summed E-state index contributed by atoms with van der Waals surface area (Å²) in [4.78, 5) is 16.8. The second-order valence-corrected chi connectivity index (χ2v) is 12.6. The number of benzene rings is 4. The average molecular weight is 575 g/mol. The zero-order chi connectivity index (χ0) is 28.5. The molecule has 0 atom stereocenters.